The predicted molar refractivity (Wildman–Crippen MR) is 156 cm³/mol. The van der Waals surface area contributed by atoms with Gasteiger partial charge in [0.2, 0.25) is 0 Å². The molecule has 0 spiro atoms. The molecule has 4 rings (SSSR count). The van der Waals surface area contributed by atoms with Gasteiger partial charge in [0.05, 0.1) is 12.7 Å². The molecule has 3 heterocycles. The molecule has 1 fully saturated rings. The molecule has 0 aliphatic carbocycles. The van der Waals surface area contributed by atoms with Crippen LogP contribution < -0.4 is 21.9 Å². The topological polar surface area (TPSA) is 199 Å². The lowest BCUT2D eigenvalue weighted by Gasteiger charge is -2.19. The molecule has 15 nitrogen and oxygen atoms in total. The average molecular weight is 617 g/mol. The van der Waals surface area contributed by atoms with Crippen LogP contribution >= 0.6 is 7.75 Å². The van der Waals surface area contributed by atoms with Gasteiger partial charge in [-0.25, -0.2) is 18.7 Å². The SMILES string of the molecule is CNc1cc(CCC(=O)OCC#Cc2cn([C@H]3CC(O)[C@@H](COP(=O)(O)n4ccnc4C)O3)c(=O)[nH]c2=O)cc(NC)c1. The van der Waals surface area contributed by atoms with Gasteiger partial charge in [-0.05, 0) is 37.1 Å². The zero-order chi connectivity index (χ0) is 31.1. The number of nitrogens with one attached hydrogen (secondary N) is 3. The molecule has 2 aromatic heterocycles. The molecule has 16 heteroatoms. The summed E-state index contributed by atoms with van der Waals surface area (Å²) in [6, 6.07) is 5.81. The molecule has 1 aromatic carbocycles. The van der Waals surface area contributed by atoms with Crippen molar-refractivity contribution in [2.45, 2.75) is 44.6 Å². The van der Waals surface area contributed by atoms with Gasteiger partial charge in [-0.3, -0.25) is 23.7 Å². The minimum Gasteiger partial charge on any atom is -0.452 e. The molecule has 0 saturated carbocycles. The van der Waals surface area contributed by atoms with Crippen LogP contribution in [-0.4, -0.2) is 74.4 Å². The first-order valence-corrected chi connectivity index (χ1v) is 14.8. The summed E-state index contributed by atoms with van der Waals surface area (Å²) in [6.07, 6.45) is 1.16. The number of carbonyl (C=O) groups excluding carboxylic acids is 1. The van der Waals surface area contributed by atoms with Crippen molar-refractivity contribution in [2.75, 3.05) is 37.9 Å². The largest absolute Gasteiger partial charge is 0.452 e. The minimum atomic E-state index is -4.29. The van der Waals surface area contributed by atoms with Crippen LogP contribution in [0.25, 0.3) is 0 Å². The van der Waals surface area contributed by atoms with E-state index in [0.29, 0.717) is 6.42 Å². The Balaban J connectivity index is 1.33. The Morgan fingerprint density at radius 1 is 1.26 bits per heavy atom. The number of H-pyrrole nitrogens is 1. The van der Waals surface area contributed by atoms with Gasteiger partial charge in [-0.2, -0.15) is 0 Å². The molecule has 3 aromatic rings. The number of benzene rings is 1. The number of aromatic amines is 1. The number of ether oxygens (including phenoxy) is 2. The Labute approximate surface area is 246 Å². The number of aryl methyl sites for hydroxylation is 2. The van der Waals surface area contributed by atoms with E-state index in [2.05, 4.69) is 32.4 Å². The first-order chi connectivity index (χ1) is 20.5. The zero-order valence-corrected chi connectivity index (χ0v) is 24.7. The molecule has 1 saturated heterocycles. The molecule has 0 amide bonds. The fraction of sp³-hybridized carbons (Fsp3) is 0.407. The van der Waals surface area contributed by atoms with Crippen LogP contribution in [0.1, 0.15) is 36.0 Å². The molecule has 1 aliphatic rings. The second kappa shape index (κ2) is 13.9. The minimum absolute atomic E-state index is 0.0582. The van der Waals surface area contributed by atoms with Gasteiger partial charge in [0.25, 0.3) is 5.56 Å². The van der Waals surface area contributed by atoms with Crippen molar-refractivity contribution in [1.82, 2.24) is 18.9 Å². The number of hydrogen-bond acceptors (Lipinski definition) is 11. The van der Waals surface area contributed by atoms with Crippen LogP contribution in [-0.2, 0) is 29.8 Å². The number of aliphatic hydroxyl groups is 1. The number of aromatic nitrogens is 4. The van der Waals surface area contributed by atoms with Crippen molar-refractivity contribution in [3.05, 3.63) is 74.6 Å². The summed E-state index contributed by atoms with van der Waals surface area (Å²) in [6.45, 7) is 0.809. The maximum Gasteiger partial charge on any atom is 0.437 e. The smallest absolute Gasteiger partial charge is 0.437 e. The highest BCUT2D eigenvalue weighted by atomic mass is 31.2. The van der Waals surface area contributed by atoms with Gasteiger partial charge in [0, 0.05) is 56.9 Å². The molecule has 2 unspecified atom stereocenters. The normalized spacial score (nSPS) is 19.2. The van der Waals surface area contributed by atoms with Gasteiger partial charge in [0.1, 0.15) is 23.7 Å². The van der Waals surface area contributed by atoms with Gasteiger partial charge in [-0.1, -0.05) is 11.8 Å². The summed E-state index contributed by atoms with van der Waals surface area (Å²) in [4.78, 5) is 53.3. The number of nitrogens with zero attached hydrogens (tertiary/aromatic N) is 3. The van der Waals surface area contributed by atoms with E-state index in [1.807, 2.05) is 32.3 Å². The van der Waals surface area contributed by atoms with Crippen molar-refractivity contribution in [3.8, 4) is 11.8 Å². The second-order valence-corrected chi connectivity index (χ2v) is 11.3. The van der Waals surface area contributed by atoms with Gasteiger partial charge >= 0.3 is 19.4 Å². The van der Waals surface area contributed by atoms with Crippen LogP contribution in [0.5, 0.6) is 0 Å². The van der Waals surface area contributed by atoms with E-state index in [9.17, 15) is 28.9 Å². The lowest BCUT2D eigenvalue weighted by molar-refractivity contribution is -0.142. The molecule has 5 N–H and O–H groups in total. The average Bonchev–Trinajstić information content (AvgIpc) is 3.59. The van der Waals surface area contributed by atoms with Crippen LogP contribution in [0.3, 0.4) is 0 Å². The lowest BCUT2D eigenvalue weighted by atomic mass is 10.1. The molecule has 43 heavy (non-hydrogen) atoms. The number of anilines is 2. The molecule has 230 valence electrons. The van der Waals surface area contributed by atoms with E-state index >= 15 is 0 Å². The standard InChI is InChI=1S/C27H33N6O9P/c1-17-30-8-9-33(17)43(38,39)41-16-23-22(34)14-24(42-23)32-15-19(26(36)31-27(32)37)5-4-10-40-25(35)7-6-18-11-20(28-2)13-21(12-18)29-3/h8-9,11-13,15,22-24,28-29,34H,6-7,10,14,16H2,1-3H3,(H,38,39)(H,31,36,37)/t22?,23-,24-/m1/s1. The van der Waals surface area contributed by atoms with Crippen LogP contribution in [0.2, 0.25) is 0 Å². The lowest BCUT2D eigenvalue weighted by Crippen LogP contribution is -2.33. The Morgan fingerprint density at radius 2 is 1.98 bits per heavy atom. The maximum absolute atomic E-state index is 12.5. The van der Waals surface area contributed by atoms with Crippen LogP contribution in [0.4, 0.5) is 11.4 Å². The van der Waals surface area contributed by atoms with E-state index in [-0.39, 0.29) is 30.8 Å². The van der Waals surface area contributed by atoms with Crippen molar-refractivity contribution in [1.29, 1.82) is 0 Å². The fourth-order valence-corrected chi connectivity index (χ4v) is 5.50. The van der Waals surface area contributed by atoms with Gasteiger partial charge in [0.15, 0.2) is 6.61 Å². The van der Waals surface area contributed by atoms with E-state index in [4.69, 9.17) is 14.0 Å². The molecule has 1 aliphatic heterocycles. The molecular formula is C27H33N6O9P. The summed E-state index contributed by atoms with van der Waals surface area (Å²) < 4.78 is 30.6. The van der Waals surface area contributed by atoms with E-state index in [1.165, 1.54) is 25.5 Å². The third-order valence-electron chi connectivity index (χ3n) is 6.68. The molecule has 4 atom stereocenters. The summed E-state index contributed by atoms with van der Waals surface area (Å²) in [7, 11) is -0.677. The van der Waals surface area contributed by atoms with Crippen molar-refractivity contribution in [2.24, 2.45) is 0 Å². The highest BCUT2D eigenvalue weighted by Gasteiger charge is 2.38. The number of carbonyl (C=O) groups is 1. The molecular weight excluding hydrogens is 583 g/mol. The van der Waals surface area contributed by atoms with E-state index in [1.54, 1.807) is 0 Å². The zero-order valence-electron chi connectivity index (χ0n) is 23.8. The first-order valence-electron chi connectivity index (χ1n) is 13.3. The number of rotatable bonds is 11. The summed E-state index contributed by atoms with van der Waals surface area (Å²) >= 11 is 0. The maximum atomic E-state index is 12.5. The van der Waals surface area contributed by atoms with Crippen molar-refractivity contribution < 1.29 is 33.4 Å². The second-order valence-electron chi connectivity index (χ2n) is 9.63. The Kier molecular flexibility index (Phi) is 10.2. The Bertz CT molecular complexity index is 1670. The van der Waals surface area contributed by atoms with Crippen LogP contribution in [0, 0.1) is 18.8 Å². The van der Waals surface area contributed by atoms with E-state index in [0.717, 1.165) is 25.8 Å². The highest BCUT2D eigenvalue weighted by molar-refractivity contribution is 7.51. The number of hydrogen-bond donors (Lipinski definition) is 5. The number of imidazole rings is 1. The quantitative estimate of drug-likeness (QED) is 0.116. The number of aliphatic hydroxyl groups excluding tert-OH is 1. The summed E-state index contributed by atoms with van der Waals surface area (Å²) in [5.41, 5.74) is 1.12. The van der Waals surface area contributed by atoms with E-state index < -0.39 is 50.0 Å². The van der Waals surface area contributed by atoms with Gasteiger partial charge in [-0.15, -0.1) is 0 Å². The van der Waals surface area contributed by atoms with Crippen molar-refractivity contribution >= 4 is 25.1 Å². The fourth-order valence-electron chi connectivity index (χ4n) is 4.39. The monoisotopic (exact) mass is 616 g/mol. The number of esters is 1. The molecule has 0 bridgehead atoms. The highest BCUT2D eigenvalue weighted by Crippen LogP contribution is 2.45. The van der Waals surface area contributed by atoms with Crippen molar-refractivity contribution in [3.63, 3.8) is 0 Å². The summed E-state index contributed by atoms with van der Waals surface area (Å²) in [5.74, 6) is 4.97. The van der Waals surface area contributed by atoms with Crippen LogP contribution in [0.15, 0.2) is 46.4 Å². The summed E-state index contributed by atoms with van der Waals surface area (Å²) in [5, 5.41) is 16.6. The third-order valence-corrected chi connectivity index (χ3v) is 8.13. The Morgan fingerprint density at radius 3 is 2.63 bits per heavy atom. The molecule has 0 radical (unpaired) electrons. The third kappa shape index (κ3) is 8.01. The predicted octanol–water partition coefficient (Wildman–Crippen LogP) is 0.966. The first kappa shape index (κ1) is 31.7. The van der Waals surface area contributed by atoms with Gasteiger partial charge < -0.3 is 30.1 Å². The Hall–Kier alpha value is -4.19.